The maximum absolute atomic E-state index is 11.9. The quantitative estimate of drug-likeness (QED) is 0.813. The van der Waals surface area contributed by atoms with Crippen LogP contribution in [0.2, 0.25) is 5.02 Å². The predicted octanol–water partition coefficient (Wildman–Crippen LogP) is 0.428. The lowest BCUT2D eigenvalue weighted by Crippen LogP contribution is -2.37. The van der Waals surface area contributed by atoms with Crippen LogP contribution in [0.25, 0.3) is 10.9 Å². The van der Waals surface area contributed by atoms with Gasteiger partial charge < -0.3 is 10.1 Å². The molecule has 17 heavy (non-hydrogen) atoms. The van der Waals surface area contributed by atoms with Crippen molar-refractivity contribution in [2.45, 2.75) is 6.54 Å². The molecule has 6 nitrogen and oxygen atoms in total. The van der Waals surface area contributed by atoms with Gasteiger partial charge in [0, 0.05) is 5.02 Å². The summed E-state index contributed by atoms with van der Waals surface area (Å²) in [6, 6.07) is 4.40. The van der Waals surface area contributed by atoms with Crippen LogP contribution in [-0.4, -0.2) is 20.6 Å². The largest absolute Gasteiger partial charge is 0.480 e. The Labute approximate surface area is 99.1 Å². The van der Waals surface area contributed by atoms with Gasteiger partial charge in [0.05, 0.1) is 10.9 Å². The molecule has 1 aromatic heterocycles. The second-order valence-electron chi connectivity index (χ2n) is 3.41. The van der Waals surface area contributed by atoms with Crippen molar-refractivity contribution in [1.29, 1.82) is 0 Å². The first-order chi connectivity index (χ1) is 7.99. The number of benzene rings is 1. The summed E-state index contributed by atoms with van der Waals surface area (Å²) in [7, 11) is 0. The van der Waals surface area contributed by atoms with Crippen LogP contribution in [0.15, 0.2) is 27.8 Å². The van der Waals surface area contributed by atoms with Gasteiger partial charge in [0.1, 0.15) is 6.54 Å². The fourth-order valence-corrected chi connectivity index (χ4v) is 1.67. The number of fused-ring (bicyclic) bond motifs is 1. The van der Waals surface area contributed by atoms with Crippen LogP contribution < -0.4 is 11.2 Å². The van der Waals surface area contributed by atoms with Gasteiger partial charge in [-0.3, -0.25) is 9.59 Å². The number of carboxylic acids is 1. The van der Waals surface area contributed by atoms with Crippen molar-refractivity contribution in [3.05, 3.63) is 44.1 Å². The van der Waals surface area contributed by atoms with Gasteiger partial charge in [-0.1, -0.05) is 11.6 Å². The van der Waals surface area contributed by atoms with Crippen molar-refractivity contribution in [3.63, 3.8) is 0 Å². The predicted molar refractivity (Wildman–Crippen MR) is 61.5 cm³/mol. The lowest BCUT2D eigenvalue weighted by molar-refractivity contribution is -0.137. The molecule has 2 rings (SSSR count). The summed E-state index contributed by atoms with van der Waals surface area (Å²) < 4.78 is 0.612. The van der Waals surface area contributed by atoms with Crippen LogP contribution in [0.4, 0.5) is 0 Å². The SMILES string of the molecule is O=C(O)Cn1c(=O)[nH]c2ccc(Cl)cc2c1=O. The maximum atomic E-state index is 11.9. The molecule has 1 aromatic carbocycles. The normalized spacial score (nSPS) is 10.6. The molecule has 0 aliphatic carbocycles. The molecule has 88 valence electrons. The summed E-state index contributed by atoms with van der Waals surface area (Å²) in [4.78, 5) is 36.3. The standard InChI is InChI=1S/C10H7ClN2O4/c11-5-1-2-7-6(3-5)9(16)13(4-8(14)15)10(17)12-7/h1-3H,4H2,(H,12,17)(H,14,15). The third kappa shape index (κ3) is 2.07. The Morgan fingerprint density at radius 3 is 2.76 bits per heavy atom. The Balaban J connectivity index is 2.83. The van der Waals surface area contributed by atoms with Crippen molar-refractivity contribution in [1.82, 2.24) is 9.55 Å². The van der Waals surface area contributed by atoms with E-state index in [1.807, 2.05) is 0 Å². The minimum atomic E-state index is -1.26. The molecule has 0 unspecified atom stereocenters. The summed E-state index contributed by atoms with van der Waals surface area (Å²) in [6.45, 7) is -0.684. The molecule has 0 saturated heterocycles. The highest BCUT2D eigenvalue weighted by Crippen LogP contribution is 2.13. The number of aromatic amines is 1. The van der Waals surface area contributed by atoms with Gasteiger partial charge in [0.15, 0.2) is 0 Å². The van der Waals surface area contributed by atoms with Crippen LogP contribution in [0, 0.1) is 0 Å². The molecular weight excluding hydrogens is 248 g/mol. The van der Waals surface area contributed by atoms with E-state index < -0.39 is 23.8 Å². The Morgan fingerprint density at radius 2 is 2.12 bits per heavy atom. The molecule has 0 amide bonds. The number of nitrogens with one attached hydrogen (secondary N) is 1. The third-order valence-electron chi connectivity index (χ3n) is 2.24. The third-order valence-corrected chi connectivity index (χ3v) is 2.47. The average Bonchev–Trinajstić information content (AvgIpc) is 2.25. The molecule has 7 heteroatoms. The first-order valence-electron chi connectivity index (χ1n) is 4.63. The number of carbonyl (C=O) groups is 1. The molecule has 0 fully saturated rings. The Morgan fingerprint density at radius 1 is 1.41 bits per heavy atom. The second-order valence-corrected chi connectivity index (χ2v) is 3.84. The van der Waals surface area contributed by atoms with E-state index in [2.05, 4.69) is 4.98 Å². The number of rotatable bonds is 2. The van der Waals surface area contributed by atoms with Gasteiger partial charge in [-0.25, -0.2) is 9.36 Å². The van der Waals surface area contributed by atoms with Gasteiger partial charge >= 0.3 is 11.7 Å². The molecule has 0 saturated carbocycles. The van der Waals surface area contributed by atoms with E-state index >= 15 is 0 Å². The lowest BCUT2D eigenvalue weighted by atomic mass is 10.2. The van der Waals surface area contributed by atoms with E-state index in [1.165, 1.54) is 18.2 Å². The molecule has 0 aliphatic rings. The number of aliphatic carboxylic acids is 1. The Hall–Kier alpha value is -2.08. The fourth-order valence-electron chi connectivity index (χ4n) is 1.50. The minimum Gasteiger partial charge on any atom is -0.480 e. The van der Waals surface area contributed by atoms with Gasteiger partial charge in [0.25, 0.3) is 5.56 Å². The minimum absolute atomic E-state index is 0.179. The zero-order valence-electron chi connectivity index (χ0n) is 8.44. The van der Waals surface area contributed by atoms with Crippen molar-refractivity contribution in [2.24, 2.45) is 0 Å². The maximum Gasteiger partial charge on any atom is 0.329 e. The smallest absolute Gasteiger partial charge is 0.329 e. The van der Waals surface area contributed by atoms with Crippen LogP contribution >= 0.6 is 11.6 Å². The summed E-state index contributed by atoms with van der Waals surface area (Å²) in [5.41, 5.74) is -1.10. The zero-order valence-corrected chi connectivity index (χ0v) is 9.19. The van der Waals surface area contributed by atoms with Gasteiger partial charge in [-0.2, -0.15) is 0 Å². The second kappa shape index (κ2) is 4.06. The molecule has 1 heterocycles. The van der Waals surface area contributed by atoms with Crippen LogP contribution in [-0.2, 0) is 11.3 Å². The van der Waals surface area contributed by atoms with E-state index in [0.29, 0.717) is 15.1 Å². The Kier molecular flexibility index (Phi) is 2.72. The first-order valence-corrected chi connectivity index (χ1v) is 5.01. The number of H-pyrrole nitrogens is 1. The summed E-state index contributed by atoms with van der Waals surface area (Å²) in [5, 5.41) is 9.12. The van der Waals surface area contributed by atoms with E-state index in [1.54, 1.807) is 0 Å². The van der Waals surface area contributed by atoms with E-state index in [0.717, 1.165) is 0 Å². The highest BCUT2D eigenvalue weighted by Gasteiger charge is 2.10. The highest BCUT2D eigenvalue weighted by atomic mass is 35.5. The molecule has 0 spiro atoms. The number of hydrogen-bond donors (Lipinski definition) is 2. The molecule has 0 radical (unpaired) electrons. The van der Waals surface area contributed by atoms with Gasteiger partial charge in [0.2, 0.25) is 0 Å². The molecule has 2 N–H and O–H groups in total. The first kappa shape index (κ1) is 11.4. The lowest BCUT2D eigenvalue weighted by Gasteiger charge is -2.03. The molecule has 0 atom stereocenters. The molecule has 2 aromatic rings. The number of nitrogens with zero attached hydrogens (tertiary/aromatic N) is 1. The zero-order chi connectivity index (χ0) is 12.6. The molecule has 0 bridgehead atoms. The number of aromatic nitrogens is 2. The summed E-state index contributed by atoms with van der Waals surface area (Å²) >= 11 is 5.73. The van der Waals surface area contributed by atoms with Crippen LogP contribution in [0.3, 0.4) is 0 Å². The van der Waals surface area contributed by atoms with E-state index in [4.69, 9.17) is 16.7 Å². The number of hydrogen-bond acceptors (Lipinski definition) is 3. The van der Waals surface area contributed by atoms with Crippen molar-refractivity contribution < 1.29 is 9.90 Å². The summed E-state index contributed by atoms with van der Waals surface area (Å²) in [6.07, 6.45) is 0. The monoisotopic (exact) mass is 254 g/mol. The van der Waals surface area contributed by atoms with E-state index in [-0.39, 0.29) is 5.39 Å². The number of carboxylic acid groups (broad SMARTS) is 1. The van der Waals surface area contributed by atoms with Crippen molar-refractivity contribution in [2.75, 3.05) is 0 Å². The molecule has 0 aliphatic heterocycles. The van der Waals surface area contributed by atoms with Crippen LogP contribution in [0.5, 0.6) is 0 Å². The molecular formula is C10H7ClN2O4. The van der Waals surface area contributed by atoms with Crippen molar-refractivity contribution in [3.8, 4) is 0 Å². The highest BCUT2D eigenvalue weighted by molar-refractivity contribution is 6.31. The van der Waals surface area contributed by atoms with Gasteiger partial charge in [-0.05, 0) is 18.2 Å². The topological polar surface area (TPSA) is 92.2 Å². The van der Waals surface area contributed by atoms with Crippen LogP contribution in [0.1, 0.15) is 0 Å². The van der Waals surface area contributed by atoms with E-state index in [9.17, 15) is 14.4 Å². The Bertz CT molecular complexity index is 716. The average molecular weight is 255 g/mol. The van der Waals surface area contributed by atoms with Gasteiger partial charge in [-0.15, -0.1) is 0 Å². The summed E-state index contributed by atoms with van der Waals surface area (Å²) in [5.74, 6) is -1.26. The fraction of sp³-hybridized carbons (Fsp3) is 0.100. The van der Waals surface area contributed by atoms with Crippen molar-refractivity contribution >= 4 is 28.5 Å². The number of halogens is 1.